The van der Waals surface area contributed by atoms with E-state index in [2.05, 4.69) is 20.8 Å². The van der Waals surface area contributed by atoms with Crippen LogP contribution in [-0.4, -0.2) is 20.2 Å². The van der Waals surface area contributed by atoms with Gasteiger partial charge in [-0.2, -0.15) is 0 Å². The van der Waals surface area contributed by atoms with E-state index in [1.54, 1.807) is 11.0 Å². The molecule has 0 aliphatic rings. The number of rotatable bonds is 4. The highest BCUT2D eigenvalue weighted by molar-refractivity contribution is 6.30. The SMILES string of the molecule is Clc1cccc(CNc2cccc(-n3cnnn3)c2)c1. The summed E-state index contributed by atoms with van der Waals surface area (Å²) in [4.78, 5) is 0. The number of aromatic nitrogens is 4. The number of hydrogen-bond acceptors (Lipinski definition) is 4. The average molecular weight is 286 g/mol. The van der Waals surface area contributed by atoms with E-state index in [1.807, 2.05) is 48.5 Å². The van der Waals surface area contributed by atoms with Crippen molar-refractivity contribution in [1.29, 1.82) is 0 Å². The molecule has 100 valence electrons. The van der Waals surface area contributed by atoms with Crippen LogP contribution in [0.15, 0.2) is 54.9 Å². The zero-order valence-corrected chi connectivity index (χ0v) is 11.3. The summed E-state index contributed by atoms with van der Waals surface area (Å²) in [5.74, 6) is 0. The first-order chi connectivity index (χ1) is 9.81. The summed E-state index contributed by atoms with van der Waals surface area (Å²) in [6.45, 7) is 0.708. The maximum atomic E-state index is 5.97. The predicted molar refractivity (Wildman–Crippen MR) is 77.9 cm³/mol. The van der Waals surface area contributed by atoms with Crippen LogP contribution in [0.1, 0.15) is 5.56 Å². The third kappa shape index (κ3) is 2.95. The normalized spacial score (nSPS) is 10.4. The molecule has 0 amide bonds. The van der Waals surface area contributed by atoms with Gasteiger partial charge in [0.05, 0.1) is 5.69 Å². The molecule has 5 nitrogen and oxygen atoms in total. The van der Waals surface area contributed by atoms with E-state index in [0.29, 0.717) is 6.54 Å². The van der Waals surface area contributed by atoms with Crippen LogP contribution in [0.2, 0.25) is 5.02 Å². The van der Waals surface area contributed by atoms with Gasteiger partial charge >= 0.3 is 0 Å². The van der Waals surface area contributed by atoms with Crippen molar-refractivity contribution in [1.82, 2.24) is 20.2 Å². The summed E-state index contributed by atoms with van der Waals surface area (Å²) in [6, 6.07) is 15.7. The highest BCUT2D eigenvalue weighted by Crippen LogP contribution is 2.16. The van der Waals surface area contributed by atoms with E-state index in [0.717, 1.165) is 22.0 Å². The van der Waals surface area contributed by atoms with Crippen molar-refractivity contribution < 1.29 is 0 Å². The van der Waals surface area contributed by atoms with Gasteiger partial charge in [-0.15, -0.1) is 5.10 Å². The zero-order chi connectivity index (χ0) is 13.8. The van der Waals surface area contributed by atoms with Crippen molar-refractivity contribution in [3.63, 3.8) is 0 Å². The minimum Gasteiger partial charge on any atom is -0.381 e. The lowest BCUT2D eigenvalue weighted by molar-refractivity contribution is 0.789. The largest absolute Gasteiger partial charge is 0.381 e. The number of hydrogen-bond donors (Lipinski definition) is 1. The molecule has 0 spiro atoms. The van der Waals surface area contributed by atoms with Gasteiger partial charge in [0.2, 0.25) is 0 Å². The highest BCUT2D eigenvalue weighted by atomic mass is 35.5. The molecule has 20 heavy (non-hydrogen) atoms. The first kappa shape index (κ1) is 12.6. The van der Waals surface area contributed by atoms with Crippen LogP contribution in [0.25, 0.3) is 5.69 Å². The molecule has 0 saturated heterocycles. The lowest BCUT2D eigenvalue weighted by atomic mass is 10.2. The molecule has 3 aromatic rings. The molecule has 1 N–H and O–H groups in total. The molecule has 0 fully saturated rings. The maximum absolute atomic E-state index is 5.97. The van der Waals surface area contributed by atoms with Gasteiger partial charge in [0.15, 0.2) is 0 Å². The number of halogens is 1. The number of nitrogens with zero attached hydrogens (tertiary/aromatic N) is 4. The number of anilines is 1. The van der Waals surface area contributed by atoms with Crippen molar-refractivity contribution in [2.45, 2.75) is 6.54 Å². The van der Waals surface area contributed by atoms with Crippen LogP contribution >= 0.6 is 11.6 Å². The molecule has 3 rings (SSSR count). The summed E-state index contributed by atoms with van der Waals surface area (Å²) >= 11 is 5.97. The molecule has 0 aliphatic heterocycles. The van der Waals surface area contributed by atoms with Crippen LogP contribution in [0.4, 0.5) is 5.69 Å². The molecular weight excluding hydrogens is 274 g/mol. The van der Waals surface area contributed by atoms with E-state index < -0.39 is 0 Å². The standard InChI is InChI=1S/C14H12ClN5/c15-12-4-1-3-11(7-12)9-16-13-5-2-6-14(8-13)20-10-17-18-19-20/h1-8,10,16H,9H2. The van der Waals surface area contributed by atoms with Gasteiger partial charge in [-0.1, -0.05) is 29.8 Å². The summed E-state index contributed by atoms with van der Waals surface area (Å²) in [5.41, 5.74) is 3.04. The Hall–Kier alpha value is -2.40. The Labute approximate surface area is 121 Å². The van der Waals surface area contributed by atoms with Gasteiger partial charge in [-0.3, -0.25) is 0 Å². The fourth-order valence-electron chi connectivity index (χ4n) is 1.89. The molecular formula is C14H12ClN5. The summed E-state index contributed by atoms with van der Waals surface area (Å²) < 4.78 is 1.62. The number of benzene rings is 2. The molecule has 0 atom stereocenters. The topological polar surface area (TPSA) is 55.6 Å². The second-order valence-electron chi connectivity index (χ2n) is 4.29. The van der Waals surface area contributed by atoms with Crippen LogP contribution in [0, 0.1) is 0 Å². The van der Waals surface area contributed by atoms with Crippen LogP contribution in [-0.2, 0) is 6.54 Å². The second-order valence-corrected chi connectivity index (χ2v) is 4.72. The minimum atomic E-state index is 0.708. The fourth-order valence-corrected chi connectivity index (χ4v) is 2.10. The Bertz CT molecular complexity index is 696. The molecule has 0 saturated carbocycles. The smallest absolute Gasteiger partial charge is 0.143 e. The minimum absolute atomic E-state index is 0.708. The molecule has 0 bridgehead atoms. The van der Waals surface area contributed by atoms with Crippen LogP contribution < -0.4 is 5.32 Å². The Kier molecular flexibility index (Phi) is 3.60. The summed E-state index contributed by atoms with van der Waals surface area (Å²) in [7, 11) is 0. The summed E-state index contributed by atoms with van der Waals surface area (Å²) in [6.07, 6.45) is 1.57. The van der Waals surface area contributed by atoms with E-state index in [1.165, 1.54) is 0 Å². The lowest BCUT2D eigenvalue weighted by Crippen LogP contribution is -2.01. The fraction of sp³-hybridized carbons (Fsp3) is 0.0714. The van der Waals surface area contributed by atoms with Crippen molar-refractivity contribution in [3.05, 3.63) is 65.4 Å². The van der Waals surface area contributed by atoms with Crippen molar-refractivity contribution in [3.8, 4) is 5.69 Å². The maximum Gasteiger partial charge on any atom is 0.143 e. The third-order valence-corrected chi connectivity index (χ3v) is 3.08. The van der Waals surface area contributed by atoms with Crippen LogP contribution in [0.3, 0.4) is 0 Å². The molecule has 2 aromatic carbocycles. The van der Waals surface area contributed by atoms with E-state index >= 15 is 0 Å². The van der Waals surface area contributed by atoms with Crippen molar-refractivity contribution in [2.24, 2.45) is 0 Å². The van der Waals surface area contributed by atoms with Crippen molar-refractivity contribution >= 4 is 17.3 Å². The van der Waals surface area contributed by atoms with Crippen molar-refractivity contribution in [2.75, 3.05) is 5.32 Å². The van der Waals surface area contributed by atoms with Gasteiger partial charge in [-0.25, -0.2) is 4.68 Å². The molecule has 0 radical (unpaired) electrons. The number of tetrazole rings is 1. The quantitative estimate of drug-likeness (QED) is 0.801. The zero-order valence-electron chi connectivity index (χ0n) is 10.6. The Balaban J connectivity index is 1.73. The van der Waals surface area contributed by atoms with E-state index in [4.69, 9.17) is 11.6 Å². The molecule has 0 unspecified atom stereocenters. The van der Waals surface area contributed by atoms with Gasteiger partial charge in [0.25, 0.3) is 0 Å². The molecule has 1 aromatic heterocycles. The third-order valence-electron chi connectivity index (χ3n) is 2.85. The Morgan fingerprint density at radius 1 is 1.10 bits per heavy atom. The summed E-state index contributed by atoms with van der Waals surface area (Å²) in [5, 5.41) is 15.2. The lowest BCUT2D eigenvalue weighted by Gasteiger charge is -2.08. The van der Waals surface area contributed by atoms with Gasteiger partial charge in [0.1, 0.15) is 6.33 Å². The first-order valence-corrected chi connectivity index (χ1v) is 6.51. The van der Waals surface area contributed by atoms with E-state index in [9.17, 15) is 0 Å². The molecule has 0 aliphatic carbocycles. The predicted octanol–water partition coefficient (Wildman–Crippen LogP) is 2.93. The van der Waals surface area contributed by atoms with Gasteiger partial charge < -0.3 is 5.32 Å². The first-order valence-electron chi connectivity index (χ1n) is 6.13. The van der Waals surface area contributed by atoms with Crippen LogP contribution in [0.5, 0.6) is 0 Å². The van der Waals surface area contributed by atoms with Gasteiger partial charge in [-0.05, 0) is 46.3 Å². The molecule has 1 heterocycles. The monoisotopic (exact) mass is 285 g/mol. The van der Waals surface area contributed by atoms with E-state index in [-0.39, 0.29) is 0 Å². The highest BCUT2D eigenvalue weighted by Gasteiger charge is 2.00. The Morgan fingerprint density at radius 2 is 2.00 bits per heavy atom. The average Bonchev–Trinajstić information content (AvgIpc) is 3.00. The Morgan fingerprint density at radius 3 is 2.80 bits per heavy atom. The number of nitrogens with one attached hydrogen (secondary N) is 1. The van der Waals surface area contributed by atoms with Gasteiger partial charge in [0, 0.05) is 17.3 Å². The second kappa shape index (κ2) is 5.71. The molecule has 6 heteroatoms.